The normalized spacial score (nSPS) is 30.5. The average molecular weight is 192 g/mol. The first-order valence-corrected chi connectivity index (χ1v) is 4.94. The van der Waals surface area contributed by atoms with Crippen LogP contribution in [0.3, 0.4) is 0 Å². The Morgan fingerprint density at radius 3 is 2.75 bits per heavy atom. The molecule has 0 bridgehead atoms. The largest absolute Gasteiger partial charge is 0.395 e. The maximum atomic E-state index is 8.79. The molecular weight excluding hydrogens is 174 g/mol. The van der Waals surface area contributed by atoms with Crippen molar-refractivity contribution in [2.75, 3.05) is 26.2 Å². The fourth-order valence-electron chi connectivity index (χ4n) is 1.99. The Bertz CT molecular complexity index is 149. The second-order valence-electron chi connectivity index (χ2n) is 4.42. The molecule has 1 aliphatic heterocycles. The van der Waals surface area contributed by atoms with Crippen molar-refractivity contribution in [3.63, 3.8) is 0 Å². The molecule has 0 aromatic heterocycles. The topological polar surface area (TPSA) is 23.5 Å². The zero-order valence-corrected chi connectivity index (χ0v) is 8.64. The number of nitrogens with zero attached hydrogens (tertiary/aromatic N) is 1. The van der Waals surface area contributed by atoms with E-state index in [0.717, 1.165) is 26.1 Å². The number of aliphatic hydroxyl groups excluding tert-OH is 1. The van der Waals surface area contributed by atoms with Crippen molar-refractivity contribution < 1.29 is 5.11 Å². The van der Waals surface area contributed by atoms with Crippen LogP contribution in [0.2, 0.25) is 0 Å². The van der Waals surface area contributed by atoms with E-state index in [0.29, 0.717) is 5.41 Å². The number of piperidine rings is 1. The van der Waals surface area contributed by atoms with Crippen molar-refractivity contribution in [1.82, 2.24) is 4.90 Å². The Balaban J connectivity index is 2.46. The zero-order chi connectivity index (χ0) is 9.19. The van der Waals surface area contributed by atoms with E-state index in [-0.39, 0.29) is 12.0 Å². The first-order chi connectivity index (χ1) is 5.53. The Morgan fingerprint density at radius 2 is 2.25 bits per heavy atom. The number of hydrogen-bond acceptors (Lipinski definition) is 2. The van der Waals surface area contributed by atoms with Gasteiger partial charge in [-0.25, -0.2) is 0 Å². The molecule has 0 aromatic carbocycles. The lowest BCUT2D eigenvalue weighted by Gasteiger charge is -2.40. The van der Waals surface area contributed by atoms with Crippen molar-refractivity contribution in [3.05, 3.63) is 0 Å². The summed E-state index contributed by atoms with van der Waals surface area (Å²) in [5, 5.41) is 9.04. The highest BCUT2D eigenvalue weighted by Gasteiger charge is 2.30. The molecule has 1 heterocycles. The van der Waals surface area contributed by atoms with Crippen LogP contribution in [0.4, 0.5) is 0 Å². The van der Waals surface area contributed by atoms with E-state index >= 15 is 0 Å². The lowest BCUT2D eigenvalue weighted by atomic mass is 9.84. The summed E-state index contributed by atoms with van der Waals surface area (Å²) in [7, 11) is 0. The van der Waals surface area contributed by atoms with Crippen LogP contribution in [0.25, 0.3) is 0 Å². The van der Waals surface area contributed by atoms with E-state index in [9.17, 15) is 0 Å². The summed E-state index contributed by atoms with van der Waals surface area (Å²) >= 11 is 6.11. The van der Waals surface area contributed by atoms with Crippen LogP contribution in [-0.2, 0) is 0 Å². The van der Waals surface area contributed by atoms with Gasteiger partial charge in [0.15, 0.2) is 0 Å². The minimum absolute atomic E-state index is 0.236. The van der Waals surface area contributed by atoms with Crippen LogP contribution >= 0.6 is 11.6 Å². The molecule has 1 fully saturated rings. The molecule has 0 saturated carbocycles. The van der Waals surface area contributed by atoms with Crippen molar-refractivity contribution in [2.45, 2.75) is 25.6 Å². The molecular formula is C9H18ClNO. The van der Waals surface area contributed by atoms with E-state index in [1.165, 1.54) is 0 Å². The first kappa shape index (κ1) is 10.3. The highest BCUT2D eigenvalue weighted by molar-refractivity contribution is 6.20. The minimum atomic E-state index is 0.236. The predicted molar refractivity (Wildman–Crippen MR) is 51.6 cm³/mol. The molecule has 0 spiro atoms. The van der Waals surface area contributed by atoms with E-state index in [1.54, 1.807) is 0 Å². The molecule has 1 saturated heterocycles. The number of rotatable bonds is 2. The van der Waals surface area contributed by atoms with Crippen LogP contribution in [-0.4, -0.2) is 41.6 Å². The Hall–Kier alpha value is 0.210. The van der Waals surface area contributed by atoms with E-state index in [2.05, 4.69) is 18.7 Å². The lowest BCUT2D eigenvalue weighted by Crippen LogP contribution is -2.46. The molecule has 0 amide bonds. The van der Waals surface area contributed by atoms with Gasteiger partial charge in [-0.15, -0.1) is 11.6 Å². The molecule has 1 rings (SSSR count). The van der Waals surface area contributed by atoms with Gasteiger partial charge in [-0.3, -0.25) is 4.90 Å². The van der Waals surface area contributed by atoms with Crippen molar-refractivity contribution in [1.29, 1.82) is 0 Å². The molecule has 72 valence electrons. The minimum Gasteiger partial charge on any atom is -0.395 e. The smallest absolute Gasteiger partial charge is 0.0558 e. The second kappa shape index (κ2) is 3.95. The van der Waals surface area contributed by atoms with Crippen LogP contribution in [0, 0.1) is 5.41 Å². The lowest BCUT2D eigenvalue weighted by molar-refractivity contribution is 0.100. The van der Waals surface area contributed by atoms with Crippen molar-refractivity contribution >= 4 is 11.6 Å². The summed E-state index contributed by atoms with van der Waals surface area (Å²) in [6, 6.07) is 0. The number of aliphatic hydroxyl groups is 1. The van der Waals surface area contributed by atoms with Crippen LogP contribution in [0.15, 0.2) is 0 Å². The molecule has 3 heteroatoms. The molecule has 0 aromatic rings. The molecule has 1 aliphatic rings. The SMILES string of the molecule is CC1(C)CC(Cl)CN(CCO)C1. The summed E-state index contributed by atoms with van der Waals surface area (Å²) in [5.41, 5.74) is 0.305. The van der Waals surface area contributed by atoms with Gasteiger partial charge in [0.25, 0.3) is 0 Å². The molecule has 1 atom stereocenters. The highest BCUT2D eigenvalue weighted by atomic mass is 35.5. The zero-order valence-electron chi connectivity index (χ0n) is 7.89. The number of halogens is 1. The summed E-state index contributed by atoms with van der Waals surface area (Å²) in [5.74, 6) is 0. The second-order valence-corrected chi connectivity index (χ2v) is 5.04. The fraction of sp³-hybridized carbons (Fsp3) is 1.00. The molecule has 12 heavy (non-hydrogen) atoms. The summed E-state index contributed by atoms with van der Waals surface area (Å²) < 4.78 is 0. The van der Waals surface area contributed by atoms with E-state index in [1.807, 2.05) is 0 Å². The number of alkyl halides is 1. The maximum absolute atomic E-state index is 8.79. The van der Waals surface area contributed by atoms with Gasteiger partial charge in [-0.1, -0.05) is 13.8 Å². The monoisotopic (exact) mass is 191 g/mol. The molecule has 0 radical (unpaired) electrons. The standard InChI is InChI=1S/C9H18ClNO/c1-9(2)5-8(10)6-11(7-9)3-4-12/h8,12H,3-7H2,1-2H3. The van der Waals surface area contributed by atoms with Crippen LogP contribution in [0.1, 0.15) is 20.3 Å². The summed E-state index contributed by atoms with van der Waals surface area (Å²) in [4.78, 5) is 2.24. The van der Waals surface area contributed by atoms with Gasteiger partial charge >= 0.3 is 0 Å². The third-order valence-corrected chi connectivity index (χ3v) is 2.59. The van der Waals surface area contributed by atoms with Crippen LogP contribution in [0.5, 0.6) is 0 Å². The molecule has 1 N–H and O–H groups in total. The van der Waals surface area contributed by atoms with Gasteiger partial charge in [0.1, 0.15) is 0 Å². The molecule has 0 aliphatic carbocycles. The Morgan fingerprint density at radius 1 is 1.58 bits per heavy atom. The van der Waals surface area contributed by atoms with E-state index in [4.69, 9.17) is 16.7 Å². The van der Waals surface area contributed by atoms with Crippen LogP contribution < -0.4 is 0 Å². The van der Waals surface area contributed by atoms with Gasteiger partial charge in [0.05, 0.1) is 6.61 Å². The maximum Gasteiger partial charge on any atom is 0.0558 e. The molecule has 1 unspecified atom stereocenters. The number of hydrogen-bond donors (Lipinski definition) is 1. The fourth-order valence-corrected chi connectivity index (χ4v) is 2.60. The predicted octanol–water partition coefficient (Wildman–Crippen LogP) is 1.32. The number of likely N-dealkylation sites (tertiary alicyclic amines) is 1. The quantitative estimate of drug-likeness (QED) is 0.666. The molecule has 2 nitrogen and oxygen atoms in total. The summed E-state index contributed by atoms with van der Waals surface area (Å²) in [6.07, 6.45) is 1.08. The van der Waals surface area contributed by atoms with Gasteiger partial charge < -0.3 is 5.11 Å². The van der Waals surface area contributed by atoms with Gasteiger partial charge in [-0.05, 0) is 11.8 Å². The van der Waals surface area contributed by atoms with Gasteiger partial charge in [-0.2, -0.15) is 0 Å². The average Bonchev–Trinajstić information content (AvgIpc) is 1.82. The first-order valence-electron chi connectivity index (χ1n) is 4.51. The number of β-amino-alcohol motifs (C(OH)–C–C–N with tert-alkyl or cyclic N) is 1. The van der Waals surface area contributed by atoms with Gasteiger partial charge in [0, 0.05) is 25.0 Å². The van der Waals surface area contributed by atoms with Crippen molar-refractivity contribution in [2.24, 2.45) is 5.41 Å². The third-order valence-electron chi connectivity index (χ3n) is 2.30. The Kier molecular flexibility index (Phi) is 3.38. The highest BCUT2D eigenvalue weighted by Crippen LogP contribution is 2.30. The van der Waals surface area contributed by atoms with E-state index < -0.39 is 0 Å². The van der Waals surface area contributed by atoms with Gasteiger partial charge in [0.2, 0.25) is 0 Å². The summed E-state index contributed by atoms with van der Waals surface area (Å²) in [6.45, 7) is 7.42. The Labute approximate surface area is 79.5 Å². The van der Waals surface area contributed by atoms with Crippen molar-refractivity contribution in [3.8, 4) is 0 Å². The third kappa shape index (κ3) is 2.92.